The van der Waals surface area contributed by atoms with Crippen LogP contribution in [0.15, 0.2) is 170 Å². The van der Waals surface area contributed by atoms with E-state index in [-0.39, 0.29) is 0 Å². The van der Waals surface area contributed by atoms with Crippen molar-refractivity contribution in [2.75, 3.05) is 0 Å². The highest BCUT2D eigenvalue weighted by atomic mass is 16.5. The van der Waals surface area contributed by atoms with E-state index in [1.807, 2.05) is 0 Å². The molecule has 0 bridgehead atoms. The smallest absolute Gasteiger partial charge is 0.135 e. The molecule has 12 rings (SSSR count). The SMILES string of the molecule is c1ccc2c(c1)-c1c(-c3ccc4c(c3)-c3cccc5cccc(c35)O4)cccc1C21c2ccccc2-c2c1c1ccccc1c1ccccc21. The minimum absolute atomic E-state index is 0.459. The summed E-state index contributed by atoms with van der Waals surface area (Å²) in [6.45, 7) is 0. The van der Waals surface area contributed by atoms with Gasteiger partial charge in [-0.2, -0.15) is 0 Å². The Morgan fingerprint density at radius 3 is 1.74 bits per heavy atom. The molecule has 1 atom stereocenters. The molecule has 0 saturated heterocycles. The number of ether oxygens (including phenoxy) is 1. The van der Waals surface area contributed by atoms with E-state index in [1.165, 1.54) is 93.5 Å². The van der Waals surface area contributed by atoms with Crippen LogP contribution in [-0.2, 0) is 5.41 Å². The molecule has 1 unspecified atom stereocenters. The fraction of sp³-hybridized carbons (Fsp3) is 0.0204. The van der Waals surface area contributed by atoms with Crippen LogP contribution in [0.2, 0.25) is 0 Å². The molecule has 1 nitrogen and oxygen atoms in total. The minimum atomic E-state index is -0.459. The van der Waals surface area contributed by atoms with Crippen LogP contribution < -0.4 is 4.74 Å². The van der Waals surface area contributed by atoms with Gasteiger partial charge in [0.25, 0.3) is 0 Å². The predicted molar refractivity (Wildman–Crippen MR) is 206 cm³/mol. The second-order valence-electron chi connectivity index (χ2n) is 13.9. The monoisotopic (exact) mass is 632 g/mol. The largest absolute Gasteiger partial charge is 0.456 e. The lowest BCUT2D eigenvalue weighted by Gasteiger charge is -2.32. The van der Waals surface area contributed by atoms with E-state index < -0.39 is 5.41 Å². The van der Waals surface area contributed by atoms with Crippen molar-refractivity contribution in [1.29, 1.82) is 0 Å². The van der Waals surface area contributed by atoms with Gasteiger partial charge in [0.1, 0.15) is 11.5 Å². The van der Waals surface area contributed by atoms with E-state index in [2.05, 4.69) is 170 Å². The molecule has 0 radical (unpaired) electrons. The molecular weight excluding hydrogens is 605 g/mol. The van der Waals surface area contributed by atoms with Crippen molar-refractivity contribution in [3.8, 4) is 56.0 Å². The van der Waals surface area contributed by atoms with Gasteiger partial charge < -0.3 is 4.74 Å². The number of fused-ring (bicyclic) bond motifs is 17. The molecule has 50 heavy (non-hydrogen) atoms. The predicted octanol–water partition coefficient (Wildman–Crippen LogP) is 12.9. The maximum atomic E-state index is 6.52. The van der Waals surface area contributed by atoms with Gasteiger partial charge in [0, 0.05) is 10.9 Å². The van der Waals surface area contributed by atoms with Gasteiger partial charge in [0.05, 0.1) is 5.41 Å². The summed E-state index contributed by atoms with van der Waals surface area (Å²) in [5, 5.41) is 7.63. The van der Waals surface area contributed by atoms with Crippen LogP contribution >= 0.6 is 0 Å². The summed E-state index contributed by atoms with van der Waals surface area (Å²) in [6.07, 6.45) is 0. The Kier molecular flexibility index (Phi) is 4.97. The lowest BCUT2D eigenvalue weighted by molar-refractivity contribution is 0.487. The third-order valence-electron chi connectivity index (χ3n) is 11.6. The van der Waals surface area contributed by atoms with Crippen LogP contribution in [0, 0.1) is 0 Å². The Hall–Kier alpha value is -6.44. The molecule has 1 heteroatoms. The Morgan fingerprint density at radius 1 is 0.360 bits per heavy atom. The van der Waals surface area contributed by atoms with Crippen LogP contribution in [0.4, 0.5) is 0 Å². The highest BCUT2D eigenvalue weighted by Gasteiger charge is 2.53. The zero-order valence-corrected chi connectivity index (χ0v) is 27.1. The van der Waals surface area contributed by atoms with Crippen LogP contribution in [-0.4, -0.2) is 0 Å². The average Bonchev–Trinajstić information content (AvgIpc) is 3.66. The Labute approximate surface area is 289 Å². The van der Waals surface area contributed by atoms with E-state index in [0.29, 0.717) is 0 Å². The third-order valence-corrected chi connectivity index (χ3v) is 11.6. The highest BCUT2D eigenvalue weighted by Crippen LogP contribution is 2.66. The lowest BCUT2D eigenvalue weighted by Crippen LogP contribution is -2.26. The molecule has 9 aromatic carbocycles. The molecule has 1 spiro atoms. The van der Waals surface area contributed by atoms with Crippen molar-refractivity contribution < 1.29 is 4.74 Å². The molecule has 2 aliphatic carbocycles. The zero-order chi connectivity index (χ0) is 32.6. The van der Waals surface area contributed by atoms with Crippen molar-refractivity contribution in [2.24, 2.45) is 0 Å². The maximum Gasteiger partial charge on any atom is 0.135 e. The van der Waals surface area contributed by atoms with Crippen molar-refractivity contribution in [1.82, 2.24) is 0 Å². The van der Waals surface area contributed by atoms with Crippen molar-refractivity contribution in [3.63, 3.8) is 0 Å². The Bertz CT molecular complexity index is 2960. The van der Waals surface area contributed by atoms with Crippen molar-refractivity contribution in [3.05, 3.63) is 192 Å². The summed E-state index contributed by atoms with van der Waals surface area (Å²) in [4.78, 5) is 0. The molecule has 0 amide bonds. The summed E-state index contributed by atoms with van der Waals surface area (Å²) in [7, 11) is 0. The topological polar surface area (TPSA) is 9.23 Å². The first-order chi connectivity index (χ1) is 24.8. The number of benzene rings is 9. The van der Waals surface area contributed by atoms with E-state index >= 15 is 0 Å². The van der Waals surface area contributed by atoms with Gasteiger partial charge in [-0.25, -0.2) is 0 Å². The van der Waals surface area contributed by atoms with E-state index in [0.717, 1.165) is 17.1 Å². The molecule has 0 aromatic heterocycles. The Balaban J connectivity index is 1.20. The molecule has 1 aliphatic heterocycles. The van der Waals surface area contributed by atoms with E-state index in [4.69, 9.17) is 4.74 Å². The van der Waals surface area contributed by atoms with Crippen LogP contribution in [0.25, 0.3) is 76.8 Å². The number of hydrogen-bond donors (Lipinski definition) is 0. The van der Waals surface area contributed by atoms with Gasteiger partial charge in [0.2, 0.25) is 0 Å². The molecule has 230 valence electrons. The number of hydrogen-bond acceptors (Lipinski definition) is 1. The van der Waals surface area contributed by atoms with Crippen LogP contribution in [0.5, 0.6) is 11.5 Å². The van der Waals surface area contributed by atoms with Gasteiger partial charge in [-0.15, -0.1) is 0 Å². The zero-order valence-electron chi connectivity index (χ0n) is 27.1. The Morgan fingerprint density at radius 2 is 0.940 bits per heavy atom. The van der Waals surface area contributed by atoms with Crippen LogP contribution in [0.3, 0.4) is 0 Å². The first-order valence-electron chi connectivity index (χ1n) is 17.4. The third kappa shape index (κ3) is 3.10. The average molecular weight is 633 g/mol. The first kappa shape index (κ1) is 26.5. The normalized spacial score (nSPS) is 15.8. The fourth-order valence-electron chi connectivity index (χ4n) is 9.83. The van der Waals surface area contributed by atoms with Crippen molar-refractivity contribution in [2.45, 2.75) is 5.41 Å². The molecule has 0 saturated carbocycles. The fourth-order valence-corrected chi connectivity index (χ4v) is 9.83. The van der Waals surface area contributed by atoms with Crippen LogP contribution in [0.1, 0.15) is 22.3 Å². The minimum Gasteiger partial charge on any atom is -0.456 e. The summed E-state index contributed by atoms with van der Waals surface area (Å²) in [5.41, 5.74) is 15.1. The number of rotatable bonds is 1. The lowest BCUT2D eigenvalue weighted by atomic mass is 9.69. The molecular formula is C49H28O. The second-order valence-corrected chi connectivity index (χ2v) is 13.9. The molecule has 3 aliphatic rings. The molecule has 1 heterocycles. The summed E-state index contributed by atoms with van der Waals surface area (Å²) >= 11 is 0. The van der Waals surface area contributed by atoms with Gasteiger partial charge >= 0.3 is 0 Å². The molecule has 9 aromatic rings. The van der Waals surface area contributed by atoms with E-state index in [9.17, 15) is 0 Å². The summed E-state index contributed by atoms with van der Waals surface area (Å²) < 4.78 is 6.52. The molecule has 0 N–H and O–H groups in total. The summed E-state index contributed by atoms with van der Waals surface area (Å²) in [6, 6.07) is 63.0. The van der Waals surface area contributed by atoms with Crippen molar-refractivity contribution >= 4 is 32.3 Å². The van der Waals surface area contributed by atoms with Gasteiger partial charge in [-0.05, 0) is 106 Å². The van der Waals surface area contributed by atoms with Gasteiger partial charge in [-0.3, -0.25) is 0 Å². The van der Waals surface area contributed by atoms with E-state index in [1.54, 1.807) is 0 Å². The second kappa shape index (κ2) is 9.37. The standard InChI is InChI=1S/C49H28O/c1-3-16-34-32(14-1)33-15-2-4-17-36(33)48-47(34)38-19-6-8-23-41(38)49(48)40-22-7-5-18-37(40)46-31(20-11-24-42(46)49)30-26-27-43-39(28-30)35-21-9-12-29-13-10-25-44(50-43)45(29)35/h1-28H. The summed E-state index contributed by atoms with van der Waals surface area (Å²) in [5.74, 6) is 1.83. The molecule has 0 fully saturated rings. The quantitative estimate of drug-likeness (QED) is 0.164. The van der Waals surface area contributed by atoms with Gasteiger partial charge in [-0.1, -0.05) is 152 Å². The highest BCUT2D eigenvalue weighted by molar-refractivity contribution is 6.20. The van der Waals surface area contributed by atoms with Gasteiger partial charge in [0.15, 0.2) is 0 Å². The first-order valence-corrected chi connectivity index (χ1v) is 17.4. The maximum absolute atomic E-state index is 6.52.